The molecule has 2 heterocycles. The summed E-state index contributed by atoms with van der Waals surface area (Å²) in [5.74, 6) is -3.76. The molecular weight excluding hydrogens is 447 g/mol. The lowest BCUT2D eigenvalue weighted by Gasteiger charge is -2.37. The van der Waals surface area contributed by atoms with Crippen LogP contribution >= 0.6 is 11.6 Å². The van der Waals surface area contributed by atoms with E-state index >= 15 is 0 Å². The van der Waals surface area contributed by atoms with E-state index in [4.69, 9.17) is 11.6 Å². The van der Waals surface area contributed by atoms with Crippen LogP contribution in [-0.4, -0.2) is 46.9 Å². The average Bonchev–Trinajstić information content (AvgIpc) is 2.68. The topological polar surface area (TPSA) is 74.3 Å². The van der Waals surface area contributed by atoms with Crippen LogP contribution < -0.4 is 10.6 Å². The number of hydrogen-bond donors (Lipinski definition) is 2. The third-order valence-corrected chi connectivity index (χ3v) is 6.03. The molecule has 1 saturated carbocycles. The van der Waals surface area contributed by atoms with Gasteiger partial charge in [0.25, 0.3) is 0 Å². The Morgan fingerprint density at radius 1 is 1.32 bits per heavy atom. The number of carbonyl (C=O) groups is 2. The summed E-state index contributed by atoms with van der Waals surface area (Å²) in [6, 6.07) is -0.217. The van der Waals surface area contributed by atoms with Crippen molar-refractivity contribution in [3.05, 3.63) is 28.5 Å². The first-order chi connectivity index (χ1) is 14.4. The lowest BCUT2D eigenvalue weighted by atomic mass is 9.80. The van der Waals surface area contributed by atoms with E-state index in [9.17, 15) is 31.5 Å². The minimum Gasteiger partial charge on any atom is -0.353 e. The molecule has 172 valence electrons. The van der Waals surface area contributed by atoms with E-state index in [0.717, 1.165) is 6.07 Å². The average molecular weight is 469 g/mol. The molecule has 2 fully saturated rings. The van der Waals surface area contributed by atoms with E-state index < -0.39 is 59.7 Å². The molecule has 6 nitrogen and oxygen atoms in total. The van der Waals surface area contributed by atoms with Gasteiger partial charge in [-0.25, -0.2) is 18.6 Å². The molecule has 2 atom stereocenters. The van der Waals surface area contributed by atoms with E-state index in [1.54, 1.807) is 0 Å². The second-order valence-electron chi connectivity index (χ2n) is 7.85. The number of nitrogens with one attached hydrogen (secondary N) is 2. The fraction of sp³-hybridized carbons (Fsp3) is 0.632. The highest BCUT2D eigenvalue weighted by Gasteiger charge is 2.41. The molecule has 1 aromatic heterocycles. The monoisotopic (exact) mass is 468 g/mol. The van der Waals surface area contributed by atoms with Crippen LogP contribution in [0.2, 0.25) is 5.02 Å². The lowest BCUT2D eigenvalue weighted by Crippen LogP contribution is -2.58. The van der Waals surface area contributed by atoms with Gasteiger partial charge >= 0.3 is 12.2 Å². The van der Waals surface area contributed by atoms with Crippen LogP contribution in [0.4, 0.5) is 26.7 Å². The predicted molar refractivity (Wildman–Crippen MR) is 102 cm³/mol. The number of amides is 3. The van der Waals surface area contributed by atoms with E-state index in [-0.39, 0.29) is 37.5 Å². The van der Waals surface area contributed by atoms with Crippen LogP contribution in [0, 0.1) is 5.92 Å². The van der Waals surface area contributed by atoms with Gasteiger partial charge in [0.05, 0.1) is 16.8 Å². The molecule has 3 rings (SSSR count). The Kier molecular flexibility index (Phi) is 6.64. The van der Waals surface area contributed by atoms with Crippen molar-refractivity contribution in [3.8, 4) is 0 Å². The maximum atomic E-state index is 13.6. The first-order valence-corrected chi connectivity index (χ1v) is 10.2. The zero-order valence-electron chi connectivity index (χ0n) is 16.6. The molecule has 2 N–H and O–H groups in total. The summed E-state index contributed by atoms with van der Waals surface area (Å²) < 4.78 is 67.2. The number of halogens is 6. The molecule has 0 bridgehead atoms. The van der Waals surface area contributed by atoms with Crippen molar-refractivity contribution in [3.63, 3.8) is 0 Å². The Morgan fingerprint density at radius 2 is 1.97 bits per heavy atom. The Balaban J connectivity index is 1.90. The number of urea groups is 1. The lowest BCUT2D eigenvalue weighted by molar-refractivity contribution is -0.141. The highest BCUT2D eigenvalue weighted by atomic mass is 35.5. The molecule has 1 saturated heterocycles. The Hall–Kier alpha value is -2.17. The standard InChI is InChI=1S/C19H22ClF5N4O2/c1-10-16(30)26-8-9-29(10)17(31)28-14(11-4-6-18(21,22)7-5-11)13-3-2-12(20)15(27-13)19(23,24)25/h2-3,10-11,14H,4-9H2,1H3,(H,26,30)(H,28,31)/t10-,14-/m1/s1. The van der Waals surface area contributed by atoms with Gasteiger partial charge in [0.15, 0.2) is 5.69 Å². The van der Waals surface area contributed by atoms with E-state index in [2.05, 4.69) is 15.6 Å². The first kappa shape index (κ1) is 23.5. The Bertz CT molecular complexity index is 841. The van der Waals surface area contributed by atoms with Gasteiger partial charge in [-0.2, -0.15) is 13.2 Å². The smallest absolute Gasteiger partial charge is 0.353 e. The molecule has 0 radical (unpaired) electrons. The Labute approximate surface area is 180 Å². The van der Waals surface area contributed by atoms with Crippen LogP contribution in [0.5, 0.6) is 0 Å². The first-order valence-electron chi connectivity index (χ1n) is 9.85. The van der Waals surface area contributed by atoms with Gasteiger partial charge in [0.1, 0.15) is 6.04 Å². The number of aromatic nitrogens is 1. The number of hydrogen-bond acceptors (Lipinski definition) is 3. The zero-order valence-corrected chi connectivity index (χ0v) is 17.4. The van der Waals surface area contributed by atoms with Gasteiger partial charge in [-0.3, -0.25) is 4.79 Å². The second kappa shape index (κ2) is 8.76. The molecule has 1 aliphatic carbocycles. The van der Waals surface area contributed by atoms with Crippen molar-refractivity contribution in [2.75, 3.05) is 13.1 Å². The van der Waals surface area contributed by atoms with Crippen LogP contribution in [0.3, 0.4) is 0 Å². The molecule has 0 unspecified atom stereocenters. The van der Waals surface area contributed by atoms with Gasteiger partial charge < -0.3 is 15.5 Å². The second-order valence-corrected chi connectivity index (χ2v) is 8.25. The molecule has 1 aliphatic heterocycles. The molecule has 0 spiro atoms. The maximum absolute atomic E-state index is 13.6. The summed E-state index contributed by atoms with van der Waals surface area (Å²) in [7, 11) is 0. The fourth-order valence-electron chi connectivity index (χ4n) is 3.93. The largest absolute Gasteiger partial charge is 0.434 e. The summed E-state index contributed by atoms with van der Waals surface area (Å²) >= 11 is 5.65. The summed E-state index contributed by atoms with van der Waals surface area (Å²) in [4.78, 5) is 29.6. The summed E-state index contributed by atoms with van der Waals surface area (Å²) in [5, 5.41) is 4.65. The maximum Gasteiger partial charge on any atom is 0.434 e. The third-order valence-electron chi connectivity index (χ3n) is 5.73. The zero-order chi connectivity index (χ0) is 23.0. The van der Waals surface area contributed by atoms with E-state index in [0.29, 0.717) is 0 Å². The van der Waals surface area contributed by atoms with Crippen molar-refractivity contribution in [2.24, 2.45) is 5.92 Å². The minimum atomic E-state index is -4.82. The summed E-state index contributed by atoms with van der Waals surface area (Å²) in [5.41, 5.74) is -1.42. The van der Waals surface area contributed by atoms with Crippen LogP contribution in [-0.2, 0) is 11.0 Å². The van der Waals surface area contributed by atoms with Crippen molar-refractivity contribution < 1.29 is 31.5 Å². The van der Waals surface area contributed by atoms with Gasteiger partial charge in [0, 0.05) is 25.9 Å². The molecule has 3 amide bonds. The van der Waals surface area contributed by atoms with Crippen molar-refractivity contribution in [1.29, 1.82) is 0 Å². The summed E-state index contributed by atoms with van der Waals surface area (Å²) in [6.07, 6.45) is -5.70. The fourth-order valence-corrected chi connectivity index (χ4v) is 4.15. The van der Waals surface area contributed by atoms with E-state index in [1.165, 1.54) is 17.9 Å². The third kappa shape index (κ3) is 5.36. The Morgan fingerprint density at radius 3 is 2.58 bits per heavy atom. The quantitative estimate of drug-likeness (QED) is 0.654. The van der Waals surface area contributed by atoms with Gasteiger partial charge in [-0.05, 0) is 37.8 Å². The van der Waals surface area contributed by atoms with Crippen LogP contribution in [0.15, 0.2) is 12.1 Å². The number of alkyl halides is 5. The number of pyridine rings is 1. The summed E-state index contributed by atoms with van der Waals surface area (Å²) in [6.45, 7) is 1.96. The molecule has 31 heavy (non-hydrogen) atoms. The molecule has 1 aromatic rings. The van der Waals surface area contributed by atoms with Crippen LogP contribution in [0.25, 0.3) is 0 Å². The number of piperazine rings is 1. The molecule has 0 aromatic carbocycles. The van der Waals surface area contributed by atoms with Crippen molar-refractivity contribution in [2.45, 2.75) is 56.8 Å². The molecule has 12 heteroatoms. The number of rotatable bonds is 3. The SMILES string of the molecule is C[C@@H]1C(=O)NCCN1C(=O)N[C@@H](c1ccc(Cl)c(C(F)(F)F)n1)C1CCC(F)(F)CC1. The van der Waals surface area contributed by atoms with Gasteiger partial charge in [-0.1, -0.05) is 11.6 Å². The highest BCUT2D eigenvalue weighted by molar-refractivity contribution is 6.31. The predicted octanol–water partition coefficient (Wildman–Crippen LogP) is 4.15. The number of carbonyl (C=O) groups excluding carboxylic acids is 2. The molecule has 2 aliphatic rings. The number of nitrogens with zero attached hydrogens (tertiary/aromatic N) is 2. The minimum absolute atomic E-state index is 0.000353. The highest BCUT2D eigenvalue weighted by Crippen LogP contribution is 2.42. The van der Waals surface area contributed by atoms with Gasteiger partial charge in [0.2, 0.25) is 11.8 Å². The van der Waals surface area contributed by atoms with E-state index in [1.807, 2.05) is 0 Å². The molecular formula is C19H22ClF5N4O2. The van der Waals surface area contributed by atoms with Crippen molar-refractivity contribution in [1.82, 2.24) is 20.5 Å². The van der Waals surface area contributed by atoms with Crippen molar-refractivity contribution >= 4 is 23.5 Å². The normalized spacial score (nSPS) is 23.3. The van der Waals surface area contributed by atoms with Crippen LogP contribution in [0.1, 0.15) is 50.0 Å². The van der Waals surface area contributed by atoms with Gasteiger partial charge in [-0.15, -0.1) is 0 Å².